The summed E-state index contributed by atoms with van der Waals surface area (Å²) in [7, 11) is -2.44. The molecule has 0 aliphatic heterocycles. The second-order valence-corrected chi connectivity index (χ2v) is 6.81. The molecule has 1 atom stereocenters. The molecular weight excluding hydrogens is 288 g/mol. The number of rotatable bonds is 4. The van der Waals surface area contributed by atoms with Gasteiger partial charge in [-0.1, -0.05) is 11.6 Å². The van der Waals surface area contributed by atoms with Gasteiger partial charge in [0, 0.05) is 19.0 Å². The van der Waals surface area contributed by atoms with Crippen molar-refractivity contribution in [3.63, 3.8) is 0 Å². The molecule has 3 nitrogen and oxygen atoms in total. The summed E-state index contributed by atoms with van der Waals surface area (Å²) in [6, 6.07) is 3.21. The van der Waals surface area contributed by atoms with Crippen molar-refractivity contribution in [3.8, 4) is 0 Å². The molecule has 0 aromatic heterocycles. The second-order valence-electron chi connectivity index (χ2n) is 3.64. The number of sulfonamides is 1. The Morgan fingerprint density at radius 3 is 2.59 bits per heavy atom. The van der Waals surface area contributed by atoms with Gasteiger partial charge in [0.25, 0.3) is 0 Å². The van der Waals surface area contributed by atoms with E-state index in [-0.39, 0.29) is 21.8 Å². The molecule has 0 radical (unpaired) electrons. The van der Waals surface area contributed by atoms with E-state index in [4.69, 9.17) is 23.2 Å². The fourth-order valence-electron chi connectivity index (χ4n) is 1.30. The minimum atomic E-state index is -3.81. The van der Waals surface area contributed by atoms with E-state index in [1.165, 1.54) is 13.1 Å². The maximum atomic E-state index is 13.0. The summed E-state index contributed by atoms with van der Waals surface area (Å²) in [5.74, 6) is -0.653. The van der Waals surface area contributed by atoms with E-state index in [1.807, 2.05) is 0 Å². The van der Waals surface area contributed by atoms with Crippen molar-refractivity contribution >= 4 is 33.2 Å². The summed E-state index contributed by atoms with van der Waals surface area (Å²) in [5, 5.41) is -0.359. The highest BCUT2D eigenvalue weighted by Crippen LogP contribution is 2.25. The Hall–Kier alpha value is -0.360. The van der Waals surface area contributed by atoms with Gasteiger partial charge in [-0.15, -0.1) is 11.6 Å². The molecule has 1 rings (SSSR count). The van der Waals surface area contributed by atoms with Crippen LogP contribution in [0, 0.1) is 5.82 Å². The molecule has 7 heteroatoms. The molecule has 0 amide bonds. The smallest absolute Gasteiger partial charge is 0.207 e. The van der Waals surface area contributed by atoms with Crippen molar-refractivity contribution in [1.29, 1.82) is 0 Å². The topological polar surface area (TPSA) is 37.4 Å². The highest BCUT2D eigenvalue weighted by atomic mass is 35.5. The molecule has 0 aliphatic rings. The lowest BCUT2D eigenvalue weighted by Crippen LogP contribution is -2.31. The van der Waals surface area contributed by atoms with Gasteiger partial charge in [-0.25, -0.2) is 12.8 Å². The SMILES string of the molecule is CC(Cl)CN(C)S(=O)(=O)c1cc(F)ccc1Cl. The first kappa shape index (κ1) is 14.7. The van der Waals surface area contributed by atoms with E-state index in [2.05, 4.69) is 0 Å². The summed E-state index contributed by atoms with van der Waals surface area (Å²) in [6.07, 6.45) is 0. The van der Waals surface area contributed by atoms with Gasteiger partial charge in [0.1, 0.15) is 10.7 Å². The number of alkyl halides is 1. The largest absolute Gasteiger partial charge is 0.244 e. The Kier molecular flexibility index (Phi) is 4.77. The predicted molar refractivity (Wildman–Crippen MR) is 66.5 cm³/mol. The van der Waals surface area contributed by atoms with Crippen LogP contribution in [-0.4, -0.2) is 31.7 Å². The average molecular weight is 300 g/mol. The van der Waals surface area contributed by atoms with Crippen LogP contribution in [0.1, 0.15) is 6.92 Å². The van der Waals surface area contributed by atoms with Gasteiger partial charge < -0.3 is 0 Å². The number of hydrogen-bond acceptors (Lipinski definition) is 2. The molecule has 0 heterocycles. The molecule has 1 aromatic rings. The molecule has 0 fully saturated rings. The maximum Gasteiger partial charge on any atom is 0.244 e. The van der Waals surface area contributed by atoms with Gasteiger partial charge >= 0.3 is 0 Å². The first-order valence-corrected chi connectivity index (χ1v) is 7.06. The molecule has 1 aromatic carbocycles. The number of halogens is 3. The Bertz CT molecular complexity index is 505. The van der Waals surface area contributed by atoms with Crippen LogP contribution in [0.3, 0.4) is 0 Å². The van der Waals surface area contributed by atoms with Crippen LogP contribution in [-0.2, 0) is 10.0 Å². The minimum absolute atomic E-state index is 0.0134. The third-order valence-electron chi connectivity index (χ3n) is 2.09. The van der Waals surface area contributed by atoms with E-state index >= 15 is 0 Å². The van der Waals surface area contributed by atoms with Gasteiger partial charge in [0.15, 0.2) is 0 Å². The van der Waals surface area contributed by atoms with Crippen LogP contribution in [0.4, 0.5) is 4.39 Å². The van der Waals surface area contributed by atoms with Crippen molar-refractivity contribution in [2.75, 3.05) is 13.6 Å². The summed E-state index contributed by atoms with van der Waals surface area (Å²) in [4.78, 5) is -0.251. The van der Waals surface area contributed by atoms with Crippen LogP contribution in [0.5, 0.6) is 0 Å². The zero-order valence-electron chi connectivity index (χ0n) is 9.32. The fourth-order valence-corrected chi connectivity index (χ4v) is 3.33. The lowest BCUT2D eigenvalue weighted by molar-refractivity contribution is 0.470. The zero-order chi connectivity index (χ0) is 13.2. The van der Waals surface area contributed by atoms with Crippen molar-refractivity contribution in [1.82, 2.24) is 4.31 Å². The third-order valence-corrected chi connectivity index (χ3v) is 4.53. The van der Waals surface area contributed by atoms with Crippen molar-refractivity contribution < 1.29 is 12.8 Å². The number of nitrogens with zero attached hydrogens (tertiary/aromatic N) is 1. The summed E-state index contributed by atoms with van der Waals surface area (Å²) < 4.78 is 38.2. The summed E-state index contributed by atoms with van der Waals surface area (Å²) >= 11 is 11.5. The van der Waals surface area contributed by atoms with Crippen LogP contribution in [0.25, 0.3) is 0 Å². The first-order valence-electron chi connectivity index (χ1n) is 4.80. The minimum Gasteiger partial charge on any atom is -0.207 e. The molecule has 17 heavy (non-hydrogen) atoms. The third kappa shape index (κ3) is 3.55. The highest BCUT2D eigenvalue weighted by molar-refractivity contribution is 7.89. The van der Waals surface area contributed by atoms with E-state index < -0.39 is 15.8 Å². The lowest BCUT2D eigenvalue weighted by Gasteiger charge is -2.19. The standard InChI is InChI=1S/C10H12Cl2FNO2S/c1-7(11)6-14(2)17(15,16)10-5-8(13)3-4-9(10)12/h3-5,7H,6H2,1-2H3. The molecule has 0 saturated heterocycles. The molecule has 0 N–H and O–H groups in total. The van der Waals surface area contributed by atoms with Crippen LogP contribution in [0.2, 0.25) is 5.02 Å². The van der Waals surface area contributed by atoms with Gasteiger partial charge in [0.2, 0.25) is 10.0 Å². The van der Waals surface area contributed by atoms with E-state index in [1.54, 1.807) is 6.92 Å². The van der Waals surface area contributed by atoms with Crippen molar-refractivity contribution in [2.45, 2.75) is 17.2 Å². The highest BCUT2D eigenvalue weighted by Gasteiger charge is 2.24. The van der Waals surface area contributed by atoms with E-state index in [0.29, 0.717) is 0 Å². The van der Waals surface area contributed by atoms with E-state index in [0.717, 1.165) is 16.4 Å². The quantitative estimate of drug-likeness (QED) is 0.802. The van der Waals surface area contributed by atoms with Crippen LogP contribution < -0.4 is 0 Å². The van der Waals surface area contributed by atoms with Crippen molar-refractivity contribution in [3.05, 3.63) is 29.0 Å². The molecule has 0 bridgehead atoms. The molecular formula is C10H12Cl2FNO2S. The van der Waals surface area contributed by atoms with Gasteiger partial charge in [-0.05, 0) is 25.1 Å². The number of benzene rings is 1. The normalized spacial score (nSPS) is 14.0. The van der Waals surface area contributed by atoms with Gasteiger partial charge in [-0.3, -0.25) is 0 Å². The summed E-state index contributed by atoms with van der Waals surface area (Å²) in [5.41, 5.74) is 0. The van der Waals surface area contributed by atoms with Crippen LogP contribution in [0.15, 0.2) is 23.1 Å². The van der Waals surface area contributed by atoms with E-state index in [9.17, 15) is 12.8 Å². The zero-order valence-corrected chi connectivity index (χ0v) is 11.7. The maximum absolute atomic E-state index is 13.0. The van der Waals surface area contributed by atoms with Crippen LogP contribution >= 0.6 is 23.2 Å². The average Bonchev–Trinajstić information content (AvgIpc) is 2.20. The second kappa shape index (κ2) is 5.52. The predicted octanol–water partition coefficient (Wildman–Crippen LogP) is 2.73. The monoisotopic (exact) mass is 299 g/mol. The Morgan fingerprint density at radius 2 is 2.06 bits per heavy atom. The number of hydrogen-bond donors (Lipinski definition) is 0. The molecule has 0 saturated carbocycles. The summed E-state index contributed by atoms with van der Waals surface area (Å²) in [6.45, 7) is 1.79. The molecule has 1 unspecified atom stereocenters. The molecule has 96 valence electrons. The Balaban J connectivity index is 3.17. The Labute approximate surface area is 110 Å². The first-order chi connectivity index (χ1) is 7.75. The molecule has 0 spiro atoms. The lowest BCUT2D eigenvalue weighted by atomic mass is 10.3. The molecule has 0 aliphatic carbocycles. The van der Waals surface area contributed by atoms with Gasteiger partial charge in [-0.2, -0.15) is 4.31 Å². The van der Waals surface area contributed by atoms with Crippen molar-refractivity contribution in [2.24, 2.45) is 0 Å². The fraction of sp³-hybridized carbons (Fsp3) is 0.400. The van der Waals surface area contributed by atoms with Gasteiger partial charge in [0.05, 0.1) is 5.02 Å². The Morgan fingerprint density at radius 1 is 1.47 bits per heavy atom.